The van der Waals surface area contributed by atoms with Crippen LogP contribution in [0.5, 0.6) is 5.75 Å². The Morgan fingerprint density at radius 1 is 0.862 bits per heavy atom. The van der Waals surface area contributed by atoms with Crippen LogP contribution in [-0.4, -0.2) is 5.97 Å². The number of carbonyl (C=O) groups is 1. The van der Waals surface area contributed by atoms with Crippen LogP contribution in [0.4, 0.5) is 0 Å². The van der Waals surface area contributed by atoms with Crippen molar-refractivity contribution in [2.45, 2.75) is 6.92 Å². The molecule has 3 heteroatoms. The lowest BCUT2D eigenvalue weighted by molar-refractivity contribution is -0.128. The lowest BCUT2D eigenvalue weighted by Crippen LogP contribution is -2.05. The van der Waals surface area contributed by atoms with Gasteiger partial charge in [-0.2, -0.15) is 0 Å². The Morgan fingerprint density at radius 3 is 2.31 bits per heavy atom. The Morgan fingerprint density at radius 2 is 1.55 bits per heavy atom. The van der Waals surface area contributed by atoms with E-state index in [1.165, 1.54) is 27.6 Å². The zero-order chi connectivity index (χ0) is 20.0. The molecule has 0 amide bonds. The van der Waals surface area contributed by atoms with Gasteiger partial charge >= 0.3 is 5.97 Å². The van der Waals surface area contributed by atoms with Crippen molar-refractivity contribution in [1.82, 2.24) is 0 Å². The summed E-state index contributed by atoms with van der Waals surface area (Å²) in [5.74, 6) is 0.213. The molecule has 0 heterocycles. The highest BCUT2D eigenvalue weighted by Gasteiger charge is 2.14. The van der Waals surface area contributed by atoms with Crippen LogP contribution in [0.25, 0.3) is 38.4 Å². The largest absolute Gasteiger partial charge is 0.423 e. The van der Waals surface area contributed by atoms with E-state index in [4.69, 9.17) is 4.74 Å². The number of rotatable bonds is 3. The molecule has 140 valence electrons. The smallest absolute Gasteiger partial charge is 0.336 e. The van der Waals surface area contributed by atoms with Gasteiger partial charge in [-0.25, -0.2) is 4.79 Å². The van der Waals surface area contributed by atoms with Gasteiger partial charge in [0.25, 0.3) is 0 Å². The number of ether oxygens (including phenoxy) is 1. The number of esters is 1. The molecular weight excluding hydrogens is 424 g/mol. The second kappa shape index (κ2) is 7.02. The predicted molar refractivity (Wildman–Crippen MR) is 124 cm³/mol. The Kier molecular flexibility index (Phi) is 4.33. The molecule has 0 saturated heterocycles. The van der Waals surface area contributed by atoms with E-state index in [1.54, 1.807) is 6.08 Å². The van der Waals surface area contributed by atoms with Crippen LogP contribution in [0.2, 0.25) is 0 Å². The van der Waals surface area contributed by atoms with Crippen LogP contribution in [0.15, 0.2) is 83.3 Å². The first-order chi connectivity index (χ1) is 14.1. The lowest BCUT2D eigenvalue weighted by atomic mass is 9.92. The third kappa shape index (κ3) is 3.18. The zero-order valence-electron chi connectivity index (χ0n) is 15.8. The quantitative estimate of drug-likeness (QED) is 0.127. The van der Waals surface area contributed by atoms with Crippen molar-refractivity contribution >= 4 is 60.3 Å². The van der Waals surface area contributed by atoms with Gasteiger partial charge < -0.3 is 4.74 Å². The van der Waals surface area contributed by atoms with Crippen LogP contribution in [0, 0.1) is 6.92 Å². The molecule has 0 fully saturated rings. The molecule has 5 aromatic rings. The molecule has 0 spiro atoms. The van der Waals surface area contributed by atoms with Gasteiger partial charge in [-0.1, -0.05) is 70.5 Å². The average Bonchev–Trinajstić information content (AvgIpc) is 2.74. The van der Waals surface area contributed by atoms with Crippen molar-refractivity contribution in [2.75, 3.05) is 0 Å². The maximum absolute atomic E-state index is 12.4. The SMILES string of the molecule is Cc1c(OC(=O)C=Cc2ccc(Br)cc2)cc2ccc3cccc4ccc1c2c34. The molecule has 0 aromatic heterocycles. The summed E-state index contributed by atoms with van der Waals surface area (Å²) in [5, 5.41) is 7.13. The van der Waals surface area contributed by atoms with Crippen molar-refractivity contribution in [3.8, 4) is 5.75 Å². The first-order valence-corrected chi connectivity index (χ1v) is 10.2. The van der Waals surface area contributed by atoms with Gasteiger partial charge in [0.15, 0.2) is 0 Å². The summed E-state index contributed by atoms with van der Waals surface area (Å²) in [6.45, 7) is 2.01. The van der Waals surface area contributed by atoms with E-state index in [1.807, 2.05) is 37.3 Å². The van der Waals surface area contributed by atoms with Crippen LogP contribution in [-0.2, 0) is 4.79 Å². The second-order valence-corrected chi connectivity index (χ2v) is 8.08. The molecule has 0 radical (unpaired) electrons. The van der Waals surface area contributed by atoms with Gasteiger partial charge in [0, 0.05) is 10.5 Å². The number of aryl methyl sites for hydroxylation is 1. The van der Waals surface area contributed by atoms with Crippen molar-refractivity contribution in [3.05, 3.63) is 94.5 Å². The summed E-state index contributed by atoms with van der Waals surface area (Å²) in [7, 11) is 0. The minimum absolute atomic E-state index is 0.385. The minimum atomic E-state index is -0.385. The van der Waals surface area contributed by atoms with E-state index in [0.717, 1.165) is 26.4 Å². The third-order valence-corrected chi connectivity index (χ3v) is 5.89. The summed E-state index contributed by atoms with van der Waals surface area (Å²) in [4.78, 5) is 12.4. The molecule has 29 heavy (non-hydrogen) atoms. The fourth-order valence-corrected chi connectivity index (χ4v) is 4.17. The standard InChI is InChI=1S/C26H17BrO2/c1-16-22-13-10-19-4-2-3-18-8-9-20(26(22)25(18)19)15-23(16)29-24(28)14-7-17-5-11-21(27)12-6-17/h2-15H,1H3. The molecule has 0 saturated carbocycles. The maximum atomic E-state index is 12.4. The van der Waals surface area contributed by atoms with E-state index >= 15 is 0 Å². The Hall–Kier alpha value is -3.17. The molecule has 0 bridgehead atoms. The van der Waals surface area contributed by atoms with E-state index in [2.05, 4.69) is 58.4 Å². The van der Waals surface area contributed by atoms with E-state index in [-0.39, 0.29) is 5.97 Å². The summed E-state index contributed by atoms with van der Waals surface area (Å²) in [5.41, 5.74) is 1.92. The molecule has 0 aliphatic heterocycles. The fraction of sp³-hybridized carbons (Fsp3) is 0.0385. The summed E-state index contributed by atoms with van der Waals surface area (Å²) in [6, 6.07) is 24.5. The highest BCUT2D eigenvalue weighted by molar-refractivity contribution is 9.10. The van der Waals surface area contributed by atoms with Crippen molar-refractivity contribution in [2.24, 2.45) is 0 Å². The highest BCUT2D eigenvalue weighted by Crippen LogP contribution is 2.39. The number of hydrogen-bond acceptors (Lipinski definition) is 2. The molecule has 0 unspecified atom stereocenters. The molecule has 0 aliphatic rings. The highest BCUT2D eigenvalue weighted by atomic mass is 79.9. The molecule has 5 rings (SSSR count). The third-order valence-electron chi connectivity index (χ3n) is 5.36. The van der Waals surface area contributed by atoms with Gasteiger partial charge in [-0.3, -0.25) is 0 Å². The Bertz CT molecular complexity index is 1380. The first kappa shape index (κ1) is 17.9. The summed E-state index contributed by atoms with van der Waals surface area (Å²) < 4.78 is 6.71. The monoisotopic (exact) mass is 440 g/mol. The van der Waals surface area contributed by atoms with Crippen LogP contribution in [0.1, 0.15) is 11.1 Å². The topological polar surface area (TPSA) is 26.3 Å². The van der Waals surface area contributed by atoms with Gasteiger partial charge in [-0.05, 0) is 74.6 Å². The predicted octanol–water partition coefficient (Wildman–Crippen LogP) is 7.27. The molecule has 2 nitrogen and oxygen atoms in total. The van der Waals surface area contributed by atoms with Crippen LogP contribution >= 0.6 is 15.9 Å². The second-order valence-electron chi connectivity index (χ2n) is 7.16. The van der Waals surface area contributed by atoms with Gasteiger partial charge in [0.05, 0.1) is 0 Å². The number of benzene rings is 5. The van der Waals surface area contributed by atoms with Crippen LogP contribution < -0.4 is 4.74 Å². The average molecular weight is 441 g/mol. The minimum Gasteiger partial charge on any atom is -0.423 e. The number of hydrogen-bond donors (Lipinski definition) is 0. The maximum Gasteiger partial charge on any atom is 0.336 e. The van der Waals surface area contributed by atoms with E-state index in [9.17, 15) is 4.79 Å². The van der Waals surface area contributed by atoms with Crippen molar-refractivity contribution in [1.29, 1.82) is 0 Å². The van der Waals surface area contributed by atoms with Gasteiger partial charge in [0.1, 0.15) is 5.75 Å². The number of halogens is 1. The first-order valence-electron chi connectivity index (χ1n) is 9.43. The molecule has 0 atom stereocenters. The van der Waals surface area contributed by atoms with Crippen LogP contribution in [0.3, 0.4) is 0 Å². The molecular formula is C26H17BrO2. The van der Waals surface area contributed by atoms with Gasteiger partial charge in [-0.15, -0.1) is 0 Å². The van der Waals surface area contributed by atoms with Crippen molar-refractivity contribution < 1.29 is 9.53 Å². The Balaban J connectivity index is 1.54. The zero-order valence-corrected chi connectivity index (χ0v) is 17.4. The number of carbonyl (C=O) groups excluding carboxylic acids is 1. The van der Waals surface area contributed by atoms with E-state index in [0.29, 0.717) is 5.75 Å². The summed E-state index contributed by atoms with van der Waals surface area (Å²) in [6.07, 6.45) is 3.22. The normalized spacial score (nSPS) is 11.8. The molecule has 5 aromatic carbocycles. The van der Waals surface area contributed by atoms with Gasteiger partial charge in [0.2, 0.25) is 0 Å². The summed E-state index contributed by atoms with van der Waals surface area (Å²) >= 11 is 3.41. The molecule has 0 aliphatic carbocycles. The van der Waals surface area contributed by atoms with Crippen molar-refractivity contribution in [3.63, 3.8) is 0 Å². The van der Waals surface area contributed by atoms with E-state index < -0.39 is 0 Å². The molecule has 0 N–H and O–H groups in total. The Labute approximate surface area is 176 Å². The fourth-order valence-electron chi connectivity index (χ4n) is 3.91. The lowest BCUT2D eigenvalue weighted by Gasteiger charge is -2.15.